The maximum atomic E-state index is 14.8. The highest BCUT2D eigenvalue weighted by Gasteiger charge is 2.42. The van der Waals surface area contributed by atoms with Crippen LogP contribution in [0.5, 0.6) is 0 Å². The number of carbonyl (C=O) groups excluding carboxylic acids is 1. The molecule has 27 heavy (non-hydrogen) atoms. The molecule has 0 spiro atoms. The van der Waals surface area contributed by atoms with Crippen LogP contribution in [0.2, 0.25) is 0 Å². The lowest BCUT2D eigenvalue weighted by atomic mass is 9.81. The first-order valence-electron chi connectivity index (χ1n) is 8.74. The van der Waals surface area contributed by atoms with Crippen molar-refractivity contribution in [1.29, 1.82) is 5.41 Å². The number of carbonyl (C=O) groups is 1. The molecule has 148 valence electrons. The number of anilines is 1. The predicted octanol–water partition coefficient (Wildman–Crippen LogP) is 1.67. The molecule has 0 aliphatic heterocycles. The molecule has 5 atom stereocenters. The summed E-state index contributed by atoms with van der Waals surface area (Å²) in [6, 6.07) is 1.76. The molecular weight excluding hydrogens is 356 g/mol. The molecule has 9 heteroatoms. The lowest BCUT2D eigenvalue weighted by molar-refractivity contribution is -0.113. The van der Waals surface area contributed by atoms with Gasteiger partial charge in [0, 0.05) is 37.8 Å². The van der Waals surface area contributed by atoms with Crippen molar-refractivity contribution in [3.63, 3.8) is 0 Å². The highest BCUT2D eigenvalue weighted by atomic mass is 19.2. The number of aliphatic hydroxyl groups excluding tert-OH is 1. The number of nitrogens with one attached hydrogen (secondary N) is 2. The summed E-state index contributed by atoms with van der Waals surface area (Å²) < 4.78 is 29.5. The molecule has 1 fully saturated rings. The molecule has 0 bridgehead atoms. The normalized spacial score (nSPS) is 29.1. The molecule has 0 radical (unpaired) electrons. The minimum atomic E-state index is -1.92. The summed E-state index contributed by atoms with van der Waals surface area (Å²) in [4.78, 5) is 11.2. The Hall–Kier alpha value is -2.42. The van der Waals surface area contributed by atoms with E-state index in [4.69, 9.17) is 11.1 Å². The highest BCUT2D eigenvalue weighted by molar-refractivity contribution is 5.93. The summed E-state index contributed by atoms with van der Waals surface area (Å²) in [5.41, 5.74) is 6.41. The minimum absolute atomic E-state index is 0.0186. The third-order valence-electron chi connectivity index (χ3n) is 5.10. The van der Waals surface area contributed by atoms with Crippen LogP contribution >= 0.6 is 0 Å². The first kappa shape index (κ1) is 20.9. The maximum absolute atomic E-state index is 14.8. The Labute approximate surface area is 156 Å². The molecular formula is C18H25F2N5O2. The van der Waals surface area contributed by atoms with Crippen LogP contribution in [0.4, 0.5) is 14.6 Å². The number of aliphatic hydroxyl groups is 1. The van der Waals surface area contributed by atoms with Crippen LogP contribution < -0.4 is 11.1 Å². The largest absolute Gasteiger partial charge is 0.396 e. The Kier molecular flexibility index (Phi) is 6.95. The number of allylic oxidation sites excluding steroid dienone is 1. The maximum Gasteiger partial charge on any atom is 0.241 e. The van der Waals surface area contributed by atoms with E-state index in [9.17, 15) is 18.7 Å². The average Bonchev–Trinajstić information content (AvgIpc) is 2.76. The number of nitrogens with two attached hydrogens (primary N) is 1. The number of primary amides is 1. The number of aryl methyl sites for hydroxylation is 1. The summed E-state index contributed by atoms with van der Waals surface area (Å²) in [7, 11) is 1.70. The fourth-order valence-corrected chi connectivity index (χ4v) is 3.70. The van der Waals surface area contributed by atoms with Crippen LogP contribution in [-0.4, -0.2) is 53.4 Å². The van der Waals surface area contributed by atoms with E-state index in [0.29, 0.717) is 11.5 Å². The zero-order valence-corrected chi connectivity index (χ0v) is 15.3. The Morgan fingerprint density at radius 3 is 2.67 bits per heavy atom. The van der Waals surface area contributed by atoms with Crippen molar-refractivity contribution in [3.8, 4) is 0 Å². The molecule has 1 aliphatic rings. The number of nitrogens with zero attached hydrogens (tertiary/aromatic N) is 2. The van der Waals surface area contributed by atoms with Gasteiger partial charge in [-0.15, -0.1) is 5.10 Å². The van der Waals surface area contributed by atoms with Gasteiger partial charge in [0.15, 0.2) is 0 Å². The summed E-state index contributed by atoms with van der Waals surface area (Å²) in [6.07, 6.45) is -2.10. The first-order valence-corrected chi connectivity index (χ1v) is 8.74. The monoisotopic (exact) mass is 381 g/mol. The second-order valence-corrected chi connectivity index (χ2v) is 6.83. The molecule has 1 heterocycles. The van der Waals surface area contributed by atoms with Crippen molar-refractivity contribution in [3.05, 3.63) is 29.0 Å². The quantitative estimate of drug-likeness (QED) is 0.339. The second-order valence-electron chi connectivity index (χ2n) is 6.83. The SMILES string of the molecule is CNc1cc(C)c(C2CC(F)C(F)C(/C(C=N)=C/C(N)=O)CC2CO)nn1. The van der Waals surface area contributed by atoms with Gasteiger partial charge in [-0.1, -0.05) is 0 Å². The van der Waals surface area contributed by atoms with Crippen molar-refractivity contribution < 1.29 is 18.7 Å². The van der Waals surface area contributed by atoms with E-state index in [1.165, 1.54) is 0 Å². The number of hydrogen-bond acceptors (Lipinski definition) is 6. The first-order chi connectivity index (χ1) is 12.8. The minimum Gasteiger partial charge on any atom is -0.396 e. The van der Waals surface area contributed by atoms with Gasteiger partial charge in [0.25, 0.3) is 0 Å². The summed E-state index contributed by atoms with van der Waals surface area (Å²) in [6.45, 7) is 1.50. The van der Waals surface area contributed by atoms with Crippen LogP contribution in [0.15, 0.2) is 17.7 Å². The molecule has 0 aromatic carbocycles. The predicted molar refractivity (Wildman–Crippen MR) is 98.2 cm³/mol. The van der Waals surface area contributed by atoms with Crippen LogP contribution in [0.1, 0.15) is 30.0 Å². The number of alkyl halides is 2. The molecule has 1 aromatic rings. The van der Waals surface area contributed by atoms with Gasteiger partial charge in [0.1, 0.15) is 18.2 Å². The smallest absolute Gasteiger partial charge is 0.241 e. The fourth-order valence-electron chi connectivity index (χ4n) is 3.70. The van der Waals surface area contributed by atoms with Crippen molar-refractivity contribution in [1.82, 2.24) is 10.2 Å². The van der Waals surface area contributed by atoms with E-state index < -0.39 is 36.0 Å². The van der Waals surface area contributed by atoms with Crippen LogP contribution in [0, 0.1) is 24.2 Å². The number of amides is 1. The van der Waals surface area contributed by atoms with Gasteiger partial charge in [0.05, 0.1) is 5.69 Å². The Bertz CT molecular complexity index is 728. The second kappa shape index (κ2) is 8.98. The third kappa shape index (κ3) is 4.65. The molecule has 5 N–H and O–H groups in total. The summed E-state index contributed by atoms with van der Waals surface area (Å²) >= 11 is 0. The molecule has 2 rings (SSSR count). The molecule has 1 aliphatic carbocycles. The van der Waals surface area contributed by atoms with E-state index in [2.05, 4.69) is 15.5 Å². The molecule has 5 unspecified atom stereocenters. The molecule has 7 nitrogen and oxygen atoms in total. The van der Waals surface area contributed by atoms with E-state index in [1.54, 1.807) is 20.0 Å². The number of aromatic nitrogens is 2. The van der Waals surface area contributed by atoms with Gasteiger partial charge in [-0.3, -0.25) is 4.79 Å². The molecule has 0 saturated heterocycles. The number of hydrogen-bond donors (Lipinski definition) is 4. The lowest BCUT2D eigenvalue weighted by Crippen LogP contribution is -2.28. The fraction of sp³-hybridized carbons (Fsp3) is 0.556. The highest BCUT2D eigenvalue weighted by Crippen LogP contribution is 2.43. The summed E-state index contributed by atoms with van der Waals surface area (Å²) in [5.74, 6) is -2.36. The van der Waals surface area contributed by atoms with Gasteiger partial charge in [0.2, 0.25) is 5.91 Å². The number of halogens is 2. The molecule has 1 saturated carbocycles. The van der Waals surface area contributed by atoms with Gasteiger partial charge in [-0.2, -0.15) is 5.10 Å². The Balaban J connectivity index is 2.43. The van der Waals surface area contributed by atoms with Gasteiger partial charge in [-0.25, -0.2) is 8.78 Å². The van der Waals surface area contributed by atoms with Crippen molar-refractivity contribution in [2.24, 2.45) is 17.6 Å². The number of rotatable bonds is 6. The average molecular weight is 381 g/mol. The summed E-state index contributed by atoms with van der Waals surface area (Å²) in [5, 5.41) is 28.4. The van der Waals surface area contributed by atoms with Crippen molar-refractivity contribution in [2.75, 3.05) is 19.0 Å². The zero-order chi connectivity index (χ0) is 20.1. The zero-order valence-electron chi connectivity index (χ0n) is 15.3. The van der Waals surface area contributed by atoms with E-state index >= 15 is 0 Å². The van der Waals surface area contributed by atoms with Crippen molar-refractivity contribution in [2.45, 2.75) is 38.0 Å². The molecule has 1 amide bonds. The van der Waals surface area contributed by atoms with E-state index in [0.717, 1.165) is 17.9 Å². The van der Waals surface area contributed by atoms with Gasteiger partial charge in [-0.05, 0) is 42.9 Å². The molecule has 1 aromatic heterocycles. The third-order valence-corrected chi connectivity index (χ3v) is 5.10. The standard InChI is InChI=1S/C18H25F2N5O2/c1-9-3-16(23-2)24-25-18(9)13-6-14(19)17(20)12(4-11(13)8-26)10(7-21)5-15(22)27/h3,5,7,11-14,17,21,26H,4,6,8H2,1-2H3,(H2,22,27)(H,23,24)/b10-5+,21-7?. The Morgan fingerprint density at radius 2 is 2.15 bits per heavy atom. The topological polar surface area (TPSA) is 125 Å². The van der Waals surface area contributed by atoms with Gasteiger partial charge >= 0.3 is 0 Å². The van der Waals surface area contributed by atoms with Crippen LogP contribution in [-0.2, 0) is 4.79 Å². The Morgan fingerprint density at radius 1 is 1.44 bits per heavy atom. The van der Waals surface area contributed by atoms with E-state index in [-0.39, 0.29) is 25.0 Å². The van der Waals surface area contributed by atoms with Crippen molar-refractivity contribution >= 4 is 17.9 Å². The van der Waals surface area contributed by atoms with Crippen LogP contribution in [0.3, 0.4) is 0 Å². The lowest BCUT2D eigenvalue weighted by Gasteiger charge is -2.26. The van der Waals surface area contributed by atoms with Crippen LogP contribution in [0.25, 0.3) is 0 Å². The van der Waals surface area contributed by atoms with Gasteiger partial charge < -0.3 is 21.6 Å². The van der Waals surface area contributed by atoms with E-state index in [1.807, 2.05) is 0 Å².